The monoisotopic (exact) mass is 235 g/mol. The lowest BCUT2D eigenvalue weighted by atomic mass is 10.0. The summed E-state index contributed by atoms with van der Waals surface area (Å²) >= 11 is 0. The highest BCUT2D eigenvalue weighted by Crippen LogP contribution is 2.17. The Hall–Kier alpha value is -0.860. The molecular weight excluding hydrogens is 210 g/mol. The quantitative estimate of drug-likeness (QED) is 0.724. The molecule has 0 heterocycles. The molecule has 0 bridgehead atoms. The van der Waals surface area contributed by atoms with E-state index in [0.29, 0.717) is 12.0 Å². The lowest BCUT2D eigenvalue weighted by Gasteiger charge is -2.18. The van der Waals surface area contributed by atoms with E-state index in [2.05, 4.69) is 57.4 Å². The fourth-order valence-electron chi connectivity index (χ4n) is 1.69. The van der Waals surface area contributed by atoms with E-state index in [-0.39, 0.29) is 0 Å². The van der Waals surface area contributed by atoms with E-state index < -0.39 is 0 Å². The number of hydroxylamine groups is 1. The second-order valence-corrected chi connectivity index (χ2v) is 4.88. The molecule has 0 fully saturated rings. The van der Waals surface area contributed by atoms with Crippen LogP contribution in [-0.4, -0.2) is 6.61 Å². The second-order valence-electron chi connectivity index (χ2n) is 4.88. The lowest BCUT2D eigenvalue weighted by molar-refractivity contribution is -0.000584. The maximum atomic E-state index is 5.51. The second kappa shape index (κ2) is 7.46. The molecule has 1 aromatic carbocycles. The van der Waals surface area contributed by atoms with Crippen molar-refractivity contribution in [2.45, 2.75) is 46.6 Å². The topological polar surface area (TPSA) is 21.3 Å². The van der Waals surface area contributed by atoms with E-state index in [0.717, 1.165) is 19.4 Å². The van der Waals surface area contributed by atoms with Crippen molar-refractivity contribution >= 4 is 0 Å². The van der Waals surface area contributed by atoms with E-state index in [1.54, 1.807) is 0 Å². The van der Waals surface area contributed by atoms with Crippen LogP contribution in [0.25, 0.3) is 0 Å². The maximum Gasteiger partial charge on any atom is 0.0705 e. The van der Waals surface area contributed by atoms with E-state index in [1.165, 1.54) is 11.1 Å². The molecule has 0 saturated heterocycles. The SMILES string of the molecule is CCc1ccc(C(CC)NOCC(C)C)cc1. The molecule has 1 N–H and O–H groups in total. The Labute approximate surface area is 105 Å². The molecule has 2 nitrogen and oxygen atoms in total. The van der Waals surface area contributed by atoms with Gasteiger partial charge in [-0.1, -0.05) is 52.0 Å². The van der Waals surface area contributed by atoms with Gasteiger partial charge in [-0.15, -0.1) is 0 Å². The molecule has 1 aromatic rings. The number of rotatable bonds is 7. The van der Waals surface area contributed by atoms with E-state index >= 15 is 0 Å². The summed E-state index contributed by atoms with van der Waals surface area (Å²) in [6, 6.07) is 9.07. The van der Waals surface area contributed by atoms with Crippen LogP contribution < -0.4 is 5.48 Å². The third kappa shape index (κ3) is 4.88. The van der Waals surface area contributed by atoms with Crippen molar-refractivity contribution in [3.8, 4) is 0 Å². The van der Waals surface area contributed by atoms with Crippen molar-refractivity contribution in [2.24, 2.45) is 5.92 Å². The Morgan fingerprint density at radius 1 is 1.12 bits per heavy atom. The molecule has 0 amide bonds. The van der Waals surface area contributed by atoms with Gasteiger partial charge in [0, 0.05) is 0 Å². The van der Waals surface area contributed by atoms with Crippen LogP contribution in [-0.2, 0) is 11.3 Å². The minimum absolute atomic E-state index is 0.291. The molecule has 0 aromatic heterocycles. The minimum atomic E-state index is 0.291. The predicted octanol–water partition coefficient (Wildman–Crippen LogP) is 3.88. The van der Waals surface area contributed by atoms with Crippen molar-refractivity contribution in [1.82, 2.24) is 5.48 Å². The first-order chi connectivity index (χ1) is 8.17. The van der Waals surface area contributed by atoms with Gasteiger partial charge < -0.3 is 4.84 Å². The van der Waals surface area contributed by atoms with Crippen LogP contribution in [0.3, 0.4) is 0 Å². The molecule has 1 rings (SSSR count). The lowest BCUT2D eigenvalue weighted by Crippen LogP contribution is -2.23. The van der Waals surface area contributed by atoms with Crippen LogP contribution in [0.15, 0.2) is 24.3 Å². The summed E-state index contributed by atoms with van der Waals surface area (Å²) < 4.78 is 0. The highest BCUT2D eigenvalue weighted by Gasteiger charge is 2.08. The number of hydrogen-bond acceptors (Lipinski definition) is 2. The fourth-order valence-corrected chi connectivity index (χ4v) is 1.69. The average molecular weight is 235 g/mol. The summed E-state index contributed by atoms with van der Waals surface area (Å²) in [5.41, 5.74) is 5.84. The summed E-state index contributed by atoms with van der Waals surface area (Å²) in [5, 5.41) is 0. The number of aryl methyl sites for hydroxylation is 1. The molecule has 17 heavy (non-hydrogen) atoms. The molecule has 0 aliphatic heterocycles. The van der Waals surface area contributed by atoms with Gasteiger partial charge in [-0.3, -0.25) is 0 Å². The molecule has 96 valence electrons. The average Bonchev–Trinajstić information content (AvgIpc) is 2.34. The van der Waals surface area contributed by atoms with Crippen LogP contribution in [0.2, 0.25) is 0 Å². The van der Waals surface area contributed by atoms with Gasteiger partial charge in [-0.05, 0) is 29.9 Å². The summed E-state index contributed by atoms with van der Waals surface area (Å²) in [6.07, 6.45) is 2.12. The normalized spacial score (nSPS) is 13.0. The summed E-state index contributed by atoms with van der Waals surface area (Å²) in [7, 11) is 0. The Balaban J connectivity index is 2.53. The van der Waals surface area contributed by atoms with Gasteiger partial charge in [0.15, 0.2) is 0 Å². The van der Waals surface area contributed by atoms with Gasteiger partial charge in [-0.2, -0.15) is 5.48 Å². The summed E-state index contributed by atoms with van der Waals surface area (Å²) in [5.74, 6) is 0.558. The molecule has 2 heteroatoms. The van der Waals surface area contributed by atoms with Gasteiger partial charge in [0.1, 0.15) is 0 Å². The molecule has 0 saturated carbocycles. The largest absolute Gasteiger partial charge is 0.301 e. The zero-order valence-electron chi connectivity index (χ0n) is 11.5. The highest BCUT2D eigenvalue weighted by molar-refractivity contribution is 5.24. The summed E-state index contributed by atoms with van der Waals surface area (Å²) in [4.78, 5) is 5.51. The van der Waals surface area contributed by atoms with Crippen molar-refractivity contribution in [3.05, 3.63) is 35.4 Å². The third-order valence-corrected chi connectivity index (χ3v) is 2.84. The van der Waals surface area contributed by atoms with Gasteiger partial charge in [0.25, 0.3) is 0 Å². The van der Waals surface area contributed by atoms with Crippen LogP contribution in [0.5, 0.6) is 0 Å². The maximum absolute atomic E-state index is 5.51. The van der Waals surface area contributed by atoms with Crippen molar-refractivity contribution in [1.29, 1.82) is 0 Å². The summed E-state index contributed by atoms with van der Waals surface area (Å²) in [6.45, 7) is 9.40. The van der Waals surface area contributed by atoms with E-state index in [4.69, 9.17) is 4.84 Å². The number of benzene rings is 1. The number of hydrogen-bond donors (Lipinski definition) is 1. The first-order valence-electron chi connectivity index (χ1n) is 6.63. The Bertz CT molecular complexity index is 305. The van der Waals surface area contributed by atoms with Gasteiger partial charge >= 0.3 is 0 Å². The van der Waals surface area contributed by atoms with Gasteiger partial charge in [-0.25, -0.2) is 0 Å². The number of nitrogens with one attached hydrogen (secondary N) is 1. The van der Waals surface area contributed by atoms with Crippen molar-refractivity contribution in [2.75, 3.05) is 6.61 Å². The van der Waals surface area contributed by atoms with Crippen LogP contribution >= 0.6 is 0 Å². The van der Waals surface area contributed by atoms with Crippen LogP contribution in [0.1, 0.15) is 51.3 Å². The third-order valence-electron chi connectivity index (χ3n) is 2.84. The molecule has 1 unspecified atom stereocenters. The predicted molar refractivity (Wildman–Crippen MR) is 72.8 cm³/mol. The van der Waals surface area contributed by atoms with Crippen molar-refractivity contribution in [3.63, 3.8) is 0 Å². The molecule has 0 aliphatic rings. The zero-order chi connectivity index (χ0) is 12.7. The van der Waals surface area contributed by atoms with E-state index in [1.807, 2.05) is 0 Å². The molecule has 0 radical (unpaired) electrons. The van der Waals surface area contributed by atoms with Gasteiger partial charge in [0.2, 0.25) is 0 Å². The van der Waals surface area contributed by atoms with Crippen LogP contribution in [0, 0.1) is 5.92 Å². The molecule has 0 aliphatic carbocycles. The fraction of sp³-hybridized carbons (Fsp3) is 0.600. The van der Waals surface area contributed by atoms with E-state index in [9.17, 15) is 0 Å². The zero-order valence-corrected chi connectivity index (χ0v) is 11.5. The Morgan fingerprint density at radius 2 is 1.76 bits per heavy atom. The van der Waals surface area contributed by atoms with Gasteiger partial charge in [0.05, 0.1) is 12.6 Å². The molecule has 1 atom stereocenters. The first-order valence-corrected chi connectivity index (χ1v) is 6.63. The van der Waals surface area contributed by atoms with Crippen LogP contribution in [0.4, 0.5) is 0 Å². The highest BCUT2D eigenvalue weighted by atomic mass is 16.6. The standard InChI is InChI=1S/C15H25NO/c1-5-13-7-9-14(10-8-13)15(6-2)16-17-11-12(3)4/h7-10,12,15-16H,5-6,11H2,1-4H3. The smallest absolute Gasteiger partial charge is 0.0705 e. The van der Waals surface area contributed by atoms with Crippen molar-refractivity contribution < 1.29 is 4.84 Å². The molecule has 0 spiro atoms. The first kappa shape index (κ1) is 14.2. The minimum Gasteiger partial charge on any atom is -0.301 e. The Kier molecular flexibility index (Phi) is 6.23. The Morgan fingerprint density at radius 3 is 2.24 bits per heavy atom. The molecular formula is C15H25NO.